The lowest BCUT2D eigenvalue weighted by Gasteiger charge is -2.40. The molecule has 1 saturated heterocycles. The fraction of sp³-hybridized carbons (Fsp3) is 0.857. The van der Waals surface area contributed by atoms with Crippen molar-refractivity contribution < 1.29 is 4.79 Å². The molecule has 0 radical (unpaired) electrons. The van der Waals surface area contributed by atoms with Gasteiger partial charge in [-0.1, -0.05) is 34.1 Å². The average Bonchev–Trinajstić information content (AvgIpc) is 2.51. The first kappa shape index (κ1) is 13.4. The van der Waals surface area contributed by atoms with E-state index in [1.807, 2.05) is 0 Å². The molecule has 4 heteroatoms. The number of aliphatic imine (C=N–C) groups is 1. The number of amides is 1. The predicted octanol–water partition coefficient (Wildman–Crippen LogP) is 2.06. The molecule has 0 aromatic carbocycles. The Morgan fingerprint density at radius 1 is 1.33 bits per heavy atom. The summed E-state index contributed by atoms with van der Waals surface area (Å²) >= 11 is 0. The van der Waals surface area contributed by atoms with E-state index >= 15 is 0 Å². The molecule has 1 heterocycles. The quantitative estimate of drug-likeness (QED) is 0.789. The van der Waals surface area contributed by atoms with Gasteiger partial charge in [-0.25, -0.2) is 0 Å². The third-order valence-corrected chi connectivity index (χ3v) is 3.88. The number of carbonyl (C=O) groups excluding carboxylic acids is 1. The molecule has 2 N–H and O–H groups in total. The molecule has 1 spiro atoms. The van der Waals surface area contributed by atoms with Crippen molar-refractivity contribution in [3.8, 4) is 0 Å². The lowest BCUT2D eigenvalue weighted by Crippen LogP contribution is -2.52. The van der Waals surface area contributed by atoms with E-state index in [1.165, 1.54) is 6.42 Å². The van der Waals surface area contributed by atoms with Crippen molar-refractivity contribution in [3.05, 3.63) is 0 Å². The first-order valence-electron chi connectivity index (χ1n) is 6.97. The number of hydrogen-bond donors (Lipinski definition) is 2. The van der Waals surface area contributed by atoms with Crippen LogP contribution in [0, 0.1) is 11.3 Å². The van der Waals surface area contributed by atoms with E-state index in [1.54, 1.807) is 0 Å². The fourth-order valence-corrected chi connectivity index (χ4v) is 3.06. The Kier molecular flexibility index (Phi) is 3.39. The molecule has 1 unspecified atom stereocenters. The summed E-state index contributed by atoms with van der Waals surface area (Å²) < 4.78 is 0. The van der Waals surface area contributed by atoms with Crippen molar-refractivity contribution in [2.24, 2.45) is 16.3 Å². The maximum absolute atomic E-state index is 12.2. The summed E-state index contributed by atoms with van der Waals surface area (Å²) in [7, 11) is 0. The largest absolute Gasteiger partial charge is 0.342 e. The first-order valence-corrected chi connectivity index (χ1v) is 6.97. The number of guanidine groups is 1. The van der Waals surface area contributed by atoms with Gasteiger partial charge in [-0.2, -0.15) is 0 Å². The second-order valence-corrected chi connectivity index (χ2v) is 6.94. The van der Waals surface area contributed by atoms with Crippen LogP contribution in [-0.2, 0) is 4.79 Å². The Morgan fingerprint density at radius 2 is 2.06 bits per heavy atom. The molecule has 2 rings (SSSR count). The summed E-state index contributed by atoms with van der Waals surface area (Å²) in [4.78, 5) is 16.7. The number of nitrogens with zero attached hydrogens (tertiary/aromatic N) is 1. The van der Waals surface area contributed by atoms with Gasteiger partial charge in [0.25, 0.3) is 5.91 Å². The van der Waals surface area contributed by atoms with E-state index in [0.717, 1.165) is 25.8 Å². The van der Waals surface area contributed by atoms with Crippen LogP contribution < -0.4 is 10.6 Å². The zero-order valence-electron chi connectivity index (χ0n) is 12.0. The van der Waals surface area contributed by atoms with Gasteiger partial charge in [0.05, 0.1) is 0 Å². The summed E-state index contributed by atoms with van der Waals surface area (Å²) in [5, 5.41) is 6.26. The predicted molar refractivity (Wildman–Crippen MR) is 73.4 cm³/mol. The highest BCUT2D eigenvalue weighted by Crippen LogP contribution is 2.42. The number of hydrogen-bond acceptors (Lipinski definition) is 2. The van der Waals surface area contributed by atoms with Crippen LogP contribution in [0.4, 0.5) is 0 Å². The summed E-state index contributed by atoms with van der Waals surface area (Å²) in [5.41, 5.74) is -0.173. The molecule has 102 valence electrons. The van der Waals surface area contributed by atoms with Crippen molar-refractivity contribution in [3.63, 3.8) is 0 Å². The van der Waals surface area contributed by atoms with Crippen LogP contribution in [0.25, 0.3) is 0 Å². The van der Waals surface area contributed by atoms with Gasteiger partial charge < -0.3 is 5.32 Å². The third-order valence-electron chi connectivity index (χ3n) is 3.88. The monoisotopic (exact) mass is 251 g/mol. The summed E-state index contributed by atoms with van der Waals surface area (Å²) in [6, 6.07) is 0. The van der Waals surface area contributed by atoms with Gasteiger partial charge in [-0.15, -0.1) is 0 Å². The normalized spacial score (nSPS) is 32.9. The van der Waals surface area contributed by atoms with Gasteiger partial charge in [0.1, 0.15) is 5.54 Å². The van der Waals surface area contributed by atoms with Crippen LogP contribution in [0.3, 0.4) is 0 Å². The Hall–Kier alpha value is -1.06. The Labute approximate surface area is 110 Å². The molecule has 1 aliphatic carbocycles. The highest BCUT2D eigenvalue weighted by atomic mass is 16.2. The molecular formula is C14H25N3O. The minimum absolute atomic E-state index is 0.109. The topological polar surface area (TPSA) is 53.5 Å². The number of nitrogens with one attached hydrogen (secondary N) is 2. The molecule has 4 nitrogen and oxygen atoms in total. The van der Waals surface area contributed by atoms with Gasteiger partial charge in [-0.3, -0.25) is 15.1 Å². The Morgan fingerprint density at radius 3 is 2.67 bits per heavy atom. The second-order valence-electron chi connectivity index (χ2n) is 6.94. The minimum Gasteiger partial charge on any atom is -0.342 e. The van der Waals surface area contributed by atoms with Crippen molar-refractivity contribution in [2.45, 2.75) is 58.9 Å². The first-order chi connectivity index (χ1) is 8.33. The van der Waals surface area contributed by atoms with Gasteiger partial charge in [0.15, 0.2) is 5.96 Å². The summed E-state index contributed by atoms with van der Waals surface area (Å²) in [6.07, 6.45) is 4.11. The standard InChI is InChI=1S/C14H25N3O/c1-10(2)8-15-12-16-11(18)14(17-12)7-5-6-13(3,4)9-14/h10H,5-9H2,1-4H3,(H2,15,16,17,18). The molecule has 2 aliphatic rings. The molecule has 1 saturated carbocycles. The average molecular weight is 251 g/mol. The maximum Gasteiger partial charge on any atom is 0.252 e. The molecule has 1 atom stereocenters. The molecule has 0 aromatic heterocycles. The van der Waals surface area contributed by atoms with Crippen molar-refractivity contribution in [1.82, 2.24) is 10.6 Å². The molecular weight excluding hydrogens is 226 g/mol. The van der Waals surface area contributed by atoms with Crippen LogP contribution >= 0.6 is 0 Å². The van der Waals surface area contributed by atoms with E-state index in [4.69, 9.17) is 0 Å². The highest BCUT2D eigenvalue weighted by Gasteiger charge is 2.50. The number of rotatable bonds is 2. The zero-order chi connectivity index (χ0) is 13.4. The molecule has 2 fully saturated rings. The van der Waals surface area contributed by atoms with E-state index in [-0.39, 0.29) is 11.3 Å². The molecule has 18 heavy (non-hydrogen) atoms. The Balaban J connectivity index is 2.11. The molecule has 0 aromatic rings. The van der Waals surface area contributed by atoms with Crippen molar-refractivity contribution in [2.75, 3.05) is 6.54 Å². The zero-order valence-corrected chi connectivity index (χ0v) is 12.0. The fourth-order valence-electron chi connectivity index (χ4n) is 3.06. The summed E-state index contributed by atoms with van der Waals surface area (Å²) in [5.74, 6) is 1.29. The van der Waals surface area contributed by atoms with Gasteiger partial charge in [0, 0.05) is 6.54 Å². The smallest absolute Gasteiger partial charge is 0.252 e. The Bertz CT molecular complexity index is 373. The summed E-state index contributed by atoms with van der Waals surface area (Å²) in [6.45, 7) is 9.49. The van der Waals surface area contributed by atoms with Crippen LogP contribution in [0.5, 0.6) is 0 Å². The SMILES string of the molecule is CC(C)CN=C1NC(=O)C2(CCCC(C)(C)C2)N1. The van der Waals surface area contributed by atoms with E-state index in [2.05, 4.69) is 43.3 Å². The van der Waals surface area contributed by atoms with Crippen LogP contribution in [-0.4, -0.2) is 24.0 Å². The van der Waals surface area contributed by atoms with Crippen molar-refractivity contribution >= 4 is 11.9 Å². The van der Waals surface area contributed by atoms with Crippen LogP contribution in [0.2, 0.25) is 0 Å². The molecule has 1 amide bonds. The van der Waals surface area contributed by atoms with Gasteiger partial charge in [-0.05, 0) is 30.6 Å². The third kappa shape index (κ3) is 2.68. The van der Waals surface area contributed by atoms with E-state index < -0.39 is 5.54 Å². The lowest BCUT2D eigenvalue weighted by atomic mass is 9.68. The van der Waals surface area contributed by atoms with E-state index in [9.17, 15) is 4.79 Å². The van der Waals surface area contributed by atoms with E-state index in [0.29, 0.717) is 11.9 Å². The lowest BCUT2D eigenvalue weighted by molar-refractivity contribution is -0.126. The maximum atomic E-state index is 12.2. The van der Waals surface area contributed by atoms with Crippen LogP contribution in [0.1, 0.15) is 53.4 Å². The highest BCUT2D eigenvalue weighted by molar-refractivity contribution is 6.09. The molecule has 0 bridgehead atoms. The number of carbonyl (C=O) groups is 1. The van der Waals surface area contributed by atoms with Gasteiger partial charge >= 0.3 is 0 Å². The van der Waals surface area contributed by atoms with Crippen LogP contribution in [0.15, 0.2) is 4.99 Å². The molecule has 1 aliphatic heterocycles. The van der Waals surface area contributed by atoms with Crippen molar-refractivity contribution in [1.29, 1.82) is 0 Å². The second kappa shape index (κ2) is 4.56. The van der Waals surface area contributed by atoms with Gasteiger partial charge in [0.2, 0.25) is 0 Å². The minimum atomic E-state index is -0.405.